The van der Waals surface area contributed by atoms with E-state index in [-0.39, 0.29) is 0 Å². The first kappa shape index (κ1) is 15.4. The molecular formula is C15H28N4O. The van der Waals surface area contributed by atoms with Crippen LogP contribution in [0.3, 0.4) is 0 Å². The summed E-state index contributed by atoms with van der Waals surface area (Å²) in [5.74, 6) is 0.803. The minimum absolute atomic E-state index is 0.508. The third kappa shape index (κ3) is 4.56. The molecule has 1 atom stereocenters. The van der Waals surface area contributed by atoms with Gasteiger partial charge in [-0.25, -0.2) is 0 Å². The first-order valence-electron chi connectivity index (χ1n) is 7.91. The topological polar surface area (TPSA) is 52.0 Å². The van der Waals surface area contributed by atoms with Gasteiger partial charge in [-0.05, 0) is 45.1 Å². The zero-order chi connectivity index (χ0) is 14.4. The quantitative estimate of drug-likeness (QED) is 0.751. The minimum Gasteiger partial charge on any atom is -0.378 e. The maximum absolute atomic E-state index is 5.65. The number of aromatic nitrogens is 3. The van der Waals surface area contributed by atoms with Crippen molar-refractivity contribution in [1.29, 1.82) is 0 Å². The molecule has 1 unspecified atom stereocenters. The highest BCUT2D eigenvalue weighted by Crippen LogP contribution is 2.34. The van der Waals surface area contributed by atoms with Crippen LogP contribution in [0, 0.1) is 5.92 Å². The molecule has 1 fully saturated rings. The van der Waals surface area contributed by atoms with E-state index in [2.05, 4.69) is 29.5 Å². The van der Waals surface area contributed by atoms with Crippen LogP contribution in [0.25, 0.3) is 0 Å². The van der Waals surface area contributed by atoms with Crippen molar-refractivity contribution in [2.24, 2.45) is 13.0 Å². The molecule has 1 heterocycles. The highest BCUT2D eigenvalue weighted by Gasteiger charge is 2.31. The third-order valence-corrected chi connectivity index (χ3v) is 4.00. The fraction of sp³-hybridized carbons (Fsp3) is 0.867. The maximum atomic E-state index is 5.65. The Hall–Kier alpha value is -0.940. The lowest BCUT2D eigenvalue weighted by molar-refractivity contribution is -0.0290. The molecule has 1 saturated carbocycles. The lowest BCUT2D eigenvalue weighted by Crippen LogP contribution is -2.39. The monoisotopic (exact) mass is 280 g/mol. The molecule has 1 aromatic heterocycles. The van der Waals surface area contributed by atoms with Crippen molar-refractivity contribution in [2.45, 2.75) is 58.1 Å². The van der Waals surface area contributed by atoms with Crippen LogP contribution >= 0.6 is 0 Å². The van der Waals surface area contributed by atoms with Crippen LogP contribution < -0.4 is 5.32 Å². The van der Waals surface area contributed by atoms with Crippen molar-refractivity contribution in [3.63, 3.8) is 0 Å². The zero-order valence-corrected chi connectivity index (χ0v) is 13.0. The van der Waals surface area contributed by atoms with Gasteiger partial charge in [-0.2, -0.15) is 0 Å². The number of aryl methyl sites for hydroxylation is 1. The van der Waals surface area contributed by atoms with E-state index >= 15 is 0 Å². The van der Waals surface area contributed by atoms with Gasteiger partial charge in [0.25, 0.3) is 0 Å². The van der Waals surface area contributed by atoms with Crippen LogP contribution in [0.4, 0.5) is 0 Å². The average Bonchev–Trinajstić information content (AvgIpc) is 2.78. The normalized spacial score (nSPS) is 23.6. The Labute approximate surface area is 122 Å². The van der Waals surface area contributed by atoms with Gasteiger partial charge in [-0.3, -0.25) is 4.68 Å². The van der Waals surface area contributed by atoms with Crippen molar-refractivity contribution < 1.29 is 4.74 Å². The van der Waals surface area contributed by atoms with Crippen LogP contribution in [0.2, 0.25) is 0 Å². The molecule has 1 aliphatic carbocycles. The third-order valence-electron chi connectivity index (χ3n) is 4.00. The number of hydrogen-bond donors (Lipinski definition) is 1. The van der Waals surface area contributed by atoms with E-state index in [0.29, 0.717) is 12.1 Å². The van der Waals surface area contributed by atoms with Crippen molar-refractivity contribution in [3.8, 4) is 0 Å². The van der Waals surface area contributed by atoms with Crippen LogP contribution in [0.1, 0.15) is 45.2 Å². The van der Waals surface area contributed by atoms with Gasteiger partial charge < -0.3 is 10.1 Å². The summed E-state index contributed by atoms with van der Waals surface area (Å²) >= 11 is 0. The van der Waals surface area contributed by atoms with E-state index in [1.165, 1.54) is 25.7 Å². The van der Waals surface area contributed by atoms with Crippen molar-refractivity contribution >= 4 is 0 Å². The Morgan fingerprint density at radius 1 is 1.45 bits per heavy atom. The Morgan fingerprint density at radius 3 is 2.85 bits per heavy atom. The SMILES string of the molecule is CCCNC(Cc1cn(C)nn1)CC1CC(OCC)C1. The Bertz CT molecular complexity index is 387. The van der Waals surface area contributed by atoms with Gasteiger partial charge in [0.05, 0.1) is 11.8 Å². The predicted octanol–water partition coefficient (Wildman–Crippen LogP) is 1.93. The largest absolute Gasteiger partial charge is 0.378 e. The molecule has 5 nitrogen and oxygen atoms in total. The summed E-state index contributed by atoms with van der Waals surface area (Å²) in [6.45, 7) is 6.20. The molecule has 1 aliphatic rings. The number of hydrogen-bond acceptors (Lipinski definition) is 4. The molecular weight excluding hydrogens is 252 g/mol. The van der Waals surface area contributed by atoms with E-state index in [9.17, 15) is 0 Å². The molecule has 0 saturated heterocycles. The van der Waals surface area contributed by atoms with Crippen molar-refractivity contribution in [1.82, 2.24) is 20.3 Å². The number of ether oxygens (including phenoxy) is 1. The van der Waals surface area contributed by atoms with Gasteiger partial charge in [0.1, 0.15) is 0 Å². The first-order chi connectivity index (χ1) is 9.71. The van der Waals surface area contributed by atoms with E-state index in [4.69, 9.17) is 4.74 Å². The lowest BCUT2D eigenvalue weighted by atomic mass is 9.77. The summed E-state index contributed by atoms with van der Waals surface area (Å²) in [5, 5.41) is 11.9. The Morgan fingerprint density at radius 2 is 2.25 bits per heavy atom. The van der Waals surface area contributed by atoms with Gasteiger partial charge in [0.15, 0.2) is 0 Å². The fourth-order valence-corrected chi connectivity index (χ4v) is 2.97. The summed E-state index contributed by atoms with van der Waals surface area (Å²) < 4.78 is 7.42. The number of nitrogens with zero attached hydrogens (tertiary/aromatic N) is 3. The Kier molecular flexibility index (Phi) is 5.98. The highest BCUT2D eigenvalue weighted by atomic mass is 16.5. The molecule has 0 bridgehead atoms. The van der Waals surface area contributed by atoms with Crippen molar-refractivity contribution in [3.05, 3.63) is 11.9 Å². The first-order valence-corrected chi connectivity index (χ1v) is 7.91. The van der Waals surface area contributed by atoms with E-state index in [1.807, 2.05) is 13.2 Å². The van der Waals surface area contributed by atoms with Gasteiger partial charge in [0.2, 0.25) is 0 Å². The highest BCUT2D eigenvalue weighted by molar-refractivity contribution is 4.97. The maximum Gasteiger partial charge on any atom is 0.0842 e. The van der Waals surface area contributed by atoms with Crippen molar-refractivity contribution in [2.75, 3.05) is 13.2 Å². The van der Waals surface area contributed by atoms with Crippen LogP contribution in [-0.4, -0.2) is 40.3 Å². The summed E-state index contributed by atoms with van der Waals surface area (Å²) in [7, 11) is 1.92. The molecule has 1 aromatic rings. The summed E-state index contributed by atoms with van der Waals surface area (Å²) in [4.78, 5) is 0. The minimum atomic E-state index is 0.508. The number of rotatable bonds is 9. The molecule has 0 spiro atoms. The zero-order valence-electron chi connectivity index (χ0n) is 13.0. The summed E-state index contributed by atoms with van der Waals surface area (Å²) in [6, 6.07) is 0.513. The molecule has 1 N–H and O–H groups in total. The van der Waals surface area contributed by atoms with E-state index in [1.54, 1.807) is 4.68 Å². The molecule has 5 heteroatoms. The van der Waals surface area contributed by atoms with E-state index < -0.39 is 0 Å². The van der Waals surface area contributed by atoms with Crippen LogP contribution in [0.5, 0.6) is 0 Å². The molecule has 0 aromatic carbocycles. The second-order valence-corrected chi connectivity index (χ2v) is 5.89. The molecule has 0 radical (unpaired) electrons. The van der Waals surface area contributed by atoms with E-state index in [0.717, 1.165) is 31.2 Å². The molecule has 114 valence electrons. The number of nitrogens with one attached hydrogen (secondary N) is 1. The van der Waals surface area contributed by atoms with Crippen LogP contribution in [-0.2, 0) is 18.2 Å². The second kappa shape index (κ2) is 7.74. The smallest absolute Gasteiger partial charge is 0.0842 e. The lowest BCUT2D eigenvalue weighted by Gasteiger charge is -2.37. The fourth-order valence-electron chi connectivity index (χ4n) is 2.97. The Balaban J connectivity index is 1.78. The van der Waals surface area contributed by atoms with Gasteiger partial charge in [-0.1, -0.05) is 12.1 Å². The molecule has 0 aliphatic heterocycles. The summed E-state index contributed by atoms with van der Waals surface area (Å²) in [6.07, 6.45) is 8.34. The van der Waals surface area contributed by atoms with Gasteiger partial charge in [0, 0.05) is 32.3 Å². The van der Waals surface area contributed by atoms with Gasteiger partial charge >= 0.3 is 0 Å². The molecule has 20 heavy (non-hydrogen) atoms. The second-order valence-electron chi connectivity index (χ2n) is 5.89. The molecule has 0 amide bonds. The molecule has 2 rings (SSSR count). The average molecular weight is 280 g/mol. The standard InChI is InChI=1S/C15H28N4O/c1-4-6-16-13(10-14-11-19(3)18-17-14)7-12-8-15(9-12)20-5-2/h11-13,15-16H,4-10H2,1-3H3. The van der Waals surface area contributed by atoms with Gasteiger partial charge in [-0.15, -0.1) is 5.10 Å². The summed E-state index contributed by atoms with van der Waals surface area (Å²) in [5.41, 5.74) is 1.08. The van der Waals surface area contributed by atoms with Crippen LogP contribution in [0.15, 0.2) is 6.20 Å². The predicted molar refractivity (Wildman–Crippen MR) is 79.5 cm³/mol.